The maximum atomic E-state index is 12.5. The highest BCUT2D eigenvalue weighted by atomic mass is 35.5. The van der Waals surface area contributed by atoms with Crippen LogP contribution in [-0.2, 0) is 17.8 Å². The van der Waals surface area contributed by atoms with Crippen molar-refractivity contribution in [2.45, 2.75) is 32.7 Å². The highest BCUT2D eigenvalue weighted by Crippen LogP contribution is 2.13. The zero-order chi connectivity index (χ0) is 20.1. The van der Waals surface area contributed by atoms with Crippen molar-refractivity contribution in [1.82, 2.24) is 14.9 Å². The molecule has 0 radical (unpaired) electrons. The molecule has 0 saturated heterocycles. The Labute approximate surface area is 167 Å². The summed E-state index contributed by atoms with van der Waals surface area (Å²) >= 11 is 5.89. The molecule has 2 N–H and O–H groups in total. The first kappa shape index (κ1) is 19.9. The molecule has 0 aliphatic heterocycles. The van der Waals surface area contributed by atoms with E-state index in [0.717, 1.165) is 11.0 Å². The number of nitrogens with one attached hydrogen (secondary N) is 2. The van der Waals surface area contributed by atoms with E-state index in [-0.39, 0.29) is 24.4 Å². The van der Waals surface area contributed by atoms with Gasteiger partial charge in [-0.3, -0.25) is 14.2 Å². The highest BCUT2D eigenvalue weighted by molar-refractivity contribution is 6.31. The van der Waals surface area contributed by atoms with Gasteiger partial charge in [-0.25, -0.2) is 4.79 Å². The first-order valence-corrected chi connectivity index (χ1v) is 9.56. The fourth-order valence-electron chi connectivity index (χ4n) is 3.02. The summed E-state index contributed by atoms with van der Waals surface area (Å²) in [6, 6.07) is 12.9. The van der Waals surface area contributed by atoms with Crippen molar-refractivity contribution in [2.24, 2.45) is 0 Å². The topological polar surface area (TPSA) is 84.0 Å². The van der Waals surface area contributed by atoms with Gasteiger partial charge in [-0.2, -0.15) is 0 Å². The van der Waals surface area contributed by atoms with Gasteiger partial charge in [-0.15, -0.1) is 0 Å². The molecule has 28 heavy (non-hydrogen) atoms. The number of nitrogens with zero attached hydrogens (tertiary/aromatic N) is 1. The Kier molecular flexibility index (Phi) is 6.31. The molecule has 0 bridgehead atoms. The molecule has 1 aromatic heterocycles. The van der Waals surface area contributed by atoms with E-state index >= 15 is 0 Å². The van der Waals surface area contributed by atoms with E-state index in [1.54, 1.807) is 18.2 Å². The van der Waals surface area contributed by atoms with Crippen LogP contribution in [0.25, 0.3) is 10.9 Å². The summed E-state index contributed by atoms with van der Waals surface area (Å²) in [4.78, 5) is 39.3. The van der Waals surface area contributed by atoms with Gasteiger partial charge in [-0.05, 0) is 43.5 Å². The maximum absolute atomic E-state index is 12.5. The Balaban J connectivity index is 1.52. The van der Waals surface area contributed by atoms with E-state index < -0.39 is 5.69 Å². The molecule has 6 nitrogen and oxygen atoms in total. The average molecular weight is 400 g/mol. The van der Waals surface area contributed by atoms with Crippen LogP contribution in [0.5, 0.6) is 0 Å². The fourth-order valence-corrected chi connectivity index (χ4v) is 3.19. The lowest BCUT2D eigenvalue weighted by atomic mass is 10.1. The SMILES string of the molecule is Cc1ccc(CCNC(=O)CCCn2c(=O)[nH]c3cc(Cl)ccc3c2=O)cc1. The number of carbonyl (C=O) groups is 1. The zero-order valence-corrected chi connectivity index (χ0v) is 16.4. The van der Waals surface area contributed by atoms with E-state index in [0.29, 0.717) is 28.9 Å². The second-order valence-electron chi connectivity index (χ2n) is 6.77. The van der Waals surface area contributed by atoms with Crippen molar-refractivity contribution in [2.75, 3.05) is 6.54 Å². The number of hydrogen-bond donors (Lipinski definition) is 2. The van der Waals surface area contributed by atoms with Crippen molar-refractivity contribution in [3.8, 4) is 0 Å². The molecule has 0 unspecified atom stereocenters. The minimum atomic E-state index is -0.500. The summed E-state index contributed by atoms with van der Waals surface area (Å²) in [5.74, 6) is -0.0934. The molecule has 0 aliphatic rings. The number of carbonyl (C=O) groups excluding carboxylic acids is 1. The number of aromatic amines is 1. The molecule has 3 aromatic rings. The van der Waals surface area contributed by atoms with Gasteiger partial charge in [0.2, 0.25) is 5.91 Å². The number of amides is 1. The van der Waals surface area contributed by atoms with Crippen LogP contribution < -0.4 is 16.6 Å². The van der Waals surface area contributed by atoms with Crippen LogP contribution in [-0.4, -0.2) is 22.0 Å². The van der Waals surface area contributed by atoms with E-state index in [1.165, 1.54) is 11.1 Å². The molecule has 0 fully saturated rings. The Morgan fingerprint density at radius 2 is 1.89 bits per heavy atom. The molecular weight excluding hydrogens is 378 g/mol. The summed E-state index contributed by atoms with van der Waals surface area (Å²) in [5.41, 5.74) is 1.90. The number of aromatic nitrogens is 2. The van der Waals surface area contributed by atoms with Gasteiger partial charge in [0.15, 0.2) is 0 Å². The minimum absolute atomic E-state index is 0.0934. The third kappa shape index (κ3) is 4.89. The zero-order valence-electron chi connectivity index (χ0n) is 15.6. The lowest BCUT2D eigenvalue weighted by Crippen LogP contribution is -2.35. The average Bonchev–Trinajstić information content (AvgIpc) is 2.65. The standard InChI is InChI=1S/C21H22ClN3O3/c1-14-4-6-15(7-5-14)10-11-23-19(26)3-2-12-25-20(27)17-9-8-16(22)13-18(17)24-21(25)28/h4-9,13H,2-3,10-12H2,1H3,(H,23,26)(H,24,28). The Morgan fingerprint density at radius 3 is 2.64 bits per heavy atom. The van der Waals surface area contributed by atoms with Crippen LogP contribution in [0.1, 0.15) is 24.0 Å². The van der Waals surface area contributed by atoms with E-state index in [2.05, 4.69) is 10.3 Å². The van der Waals surface area contributed by atoms with Gasteiger partial charge in [0.25, 0.3) is 5.56 Å². The third-order valence-electron chi connectivity index (χ3n) is 4.59. The second-order valence-corrected chi connectivity index (χ2v) is 7.20. The molecule has 0 spiro atoms. The van der Waals surface area contributed by atoms with Crippen LogP contribution in [0, 0.1) is 6.92 Å². The van der Waals surface area contributed by atoms with Crippen molar-refractivity contribution in [3.05, 3.63) is 79.5 Å². The predicted octanol–water partition coefficient (Wildman–Crippen LogP) is 2.79. The number of fused-ring (bicyclic) bond motifs is 1. The van der Waals surface area contributed by atoms with E-state index in [9.17, 15) is 14.4 Å². The number of H-pyrrole nitrogens is 1. The molecule has 2 aromatic carbocycles. The molecule has 1 heterocycles. The van der Waals surface area contributed by atoms with Crippen molar-refractivity contribution < 1.29 is 4.79 Å². The molecule has 7 heteroatoms. The van der Waals surface area contributed by atoms with Gasteiger partial charge < -0.3 is 10.3 Å². The molecule has 0 atom stereocenters. The molecule has 0 aliphatic carbocycles. The minimum Gasteiger partial charge on any atom is -0.356 e. The molecule has 1 amide bonds. The van der Waals surface area contributed by atoms with Gasteiger partial charge >= 0.3 is 5.69 Å². The van der Waals surface area contributed by atoms with Gasteiger partial charge in [0.1, 0.15) is 0 Å². The second kappa shape index (κ2) is 8.89. The van der Waals surface area contributed by atoms with Gasteiger partial charge in [-0.1, -0.05) is 41.4 Å². The number of halogens is 1. The van der Waals surface area contributed by atoms with Gasteiger partial charge in [0, 0.05) is 24.5 Å². The van der Waals surface area contributed by atoms with Crippen LogP contribution in [0.2, 0.25) is 5.02 Å². The highest BCUT2D eigenvalue weighted by Gasteiger charge is 2.09. The normalized spacial score (nSPS) is 10.9. The van der Waals surface area contributed by atoms with Gasteiger partial charge in [0.05, 0.1) is 10.9 Å². The third-order valence-corrected chi connectivity index (χ3v) is 4.82. The summed E-state index contributed by atoms with van der Waals surface area (Å²) in [5, 5.41) is 3.71. The van der Waals surface area contributed by atoms with Crippen molar-refractivity contribution in [3.63, 3.8) is 0 Å². The first-order valence-electron chi connectivity index (χ1n) is 9.18. The number of aryl methyl sites for hydroxylation is 1. The van der Waals surface area contributed by atoms with Crippen molar-refractivity contribution >= 4 is 28.4 Å². The summed E-state index contributed by atoms with van der Waals surface area (Å²) in [6.45, 7) is 2.77. The Bertz CT molecular complexity index is 1100. The molecular formula is C21H22ClN3O3. The number of rotatable bonds is 7. The lowest BCUT2D eigenvalue weighted by molar-refractivity contribution is -0.121. The quantitative estimate of drug-likeness (QED) is 0.640. The predicted molar refractivity (Wildman–Crippen MR) is 111 cm³/mol. The maximum Gasteiger partial charge on any atom is 0.328 e. The molecule has 0 saturated carbocycles. The monoisotopic (exact) mass is 399 g/mol. The Morgan fingerprint density at radius 1 is 1.14 bits per heavy atom. The van der Waals surface area contributed by atoms with E-state index in [1.807, 2.05) is 31.2 Å². The Hall–Kier alpha value is -2.86. The first-order chi connectivity index (χ1) is 13.4. The van der Waals surface area contributed by atoms with Crippen LogP contribution >= 0.6 is 11.6 Å². The van der Waals surface area contributed by atoms with Crippen LogP contribution in [0.15, 0.2) is 52.1 Å². The fraction of sp³-hybridized carbons (Fsp3) is 0.286. The van der Waals surface area contributed by atoms with E-state index in [4.69, 9.17) is 11.6 Å². The lowest BCUT2D eigenvalue weighted by Gasteiger charge is -2.08. The number of benzene rings is 2. The molecule has 3 rings (SSSR count). The van der Waals surface area contributed by atoms with Crippen LogP contribution in [0.4, 0.5) is 0 Å². The summed E-state index contributed by atoms with van der Waals surface area (Å²) < 4.78 is 1.12. The van der Waals surface area contributed by atoms with Crippen molar-refractivity contribution in [1.29, 1.82) is 0 Å². The number of hydrogen-bond acceptors (Lipinski definition) is 3. The largest absolute Gasteiger partial charge is 0.356 e. The van der Waals surface area contributed by atoms with Crippen LogP contribution in [0.3, 0.4) is 0 Å². The summed E-state index contributed by atoms with van der Waals surface area (Å²) in [7, 11) is 0. The molecule has 146 valence electrons. The smallest absolute Gasteiger partial charge is 0.328 e. The summed E-state index contributed by atoms with van der Waals surface area (Å²) in [6.07, 6.45) is 1.41.